The summed E-state index contributed by atoms with van der Waals surface area (Å²) in [5.74, 6) is 1.11. The fourth-order valence-electron chi connectivity index (χ4n) is 4.09. The van der Waals surface area contributed by atoms with Crippen molar-refractivity contribution in [2.45, 2.75) is 19.3 Å². The average molecular weight is 469 g/mol. The number of ether oxygens (including phenoxy) is 2. The van der Waals surface area contributed by atoms with E-state index >= 15 is 0 Å². The van der Waals surface area contributed by atoms with Crippen molar-refractivity contribution in [3.05, 3.63) is 59.2 Å². The van der Waals surface area contributed by atoms with Crippen LogP contribution in [0.4, 0.5) is 0 Å². The summed E-state index contributed by atoms with van der Waals surface area (Å²) in [5.41, 5.74) is 2.53. The van der Waals surface area contributed by atoms with Crippen LogP contribution in [0.3, 0.4) is 0 Å². The summed E-state index contributed by atoms with van der Waals surface area (Å²) in [7, 11) is 3.20. The number of likely N-dealkylation sites (tertiary alicyclic amines) is 1. The van der Waals surface area contributed by atoms with Crippen molar-refractivity contribution < 1.29 is 14.3 Å². The Bertz CT molecular complexity index is 1110. The molecule has 1 fully saturated rings. The minimum Gasteiger partial charge on any atom is -0.497 e. The SMILES string of the molecule is COc1ccc(-c2cc(C(=O)NCCN3CCCCC3)n(-c3cccc(Cl)c3)n2)c(OC)c1. The van der Waals surface area contributed by atoms with Crippen molar-refractivity contribution in [3.8, 4) is 28.4 Å². The molecule has 0 bridgehead atoms. The number of nitrogens with one attached hydrogen (secondary N) is 1. The largest absolute Gasteiger partial charge is 0.497 e. The smallest absolute Gasteiger partial charge is 0.270 e. The molecule has 0 unspecified atom stereocenters. The summed E-state index contributed by atoms with van der Waals surface area (Å²) in [4.78, 5) is 15.6. The Hall–Kier alpha value is -3.03. The van der Waals surface area contributed by atoms with Crippen LogP contribution in [0, 0.1) is 0 Å². The first-order valence-corrected chi connectivity index (χ1v) is 11.6. The van der Waals surface area contributed by atoms with E-state index in [1.807, 2.05) is 24.3 Å². The molecule has 1 saturated heterocycles. The standard InChI is InChI=1S/C25H29ClN4O3/c1-32-20-9-10-21(24(16-20)33-2)22-17-23(30(28-22)19-8-6-7-18(26)15-19)25(31)27-11-14-29-12-4-3-5-13-29/h6-10,15-17H,3-5,11-14H2,1-2H3,(H,27,31). The van der Waals surface area contributed by atoms with Crippen molar-refractivity contribution in [2.24, 2.45) is 0 Å². The maximum atomic E-state index is 13.2. The molecule has 1 aromatic heterocycles. The molecule has 7 nitrogen and oxygen atoms in total. The predicted molar refractivity (Wildman–Crippen MR) is 130 cm³/mol. The molecule has 33 heavy (non-hydrogen) atoms. The molecule has 174 valence electrons. The van der Waals surface area contributed by atoms with E-state index in [4.69, 9.17) is 26.2 Å². The summed E-state index contributed by atoms with van der Waals surface area (Å²) in [5, 5.41) is 8.37. The number of methoxy groups -OCH3 is 2. The van der Waals surface area contributed by atoms with Gasteiger partial charge in [-0.25, -0.2) is 4.68 Å². The van der Waals surface area contributed by atoms with Gasteiger partial charge in [0.25, 0.3) is 5.91 Å². The molecule has 0 radical (unpaired) electrons. The summed E-state index contributed by atoms with van der Waals surface area (Å²) < 4.78 is 12.5. The van der Waals surface area contributed by atoms with E-state index in [1.165, 1.54) is 19.3 Å². The molecule has 0 atom stereocenters. The Kier molecular flexibility index (Phi) is 7.52. The molecule has 0 spiro atoms. The summed E-state index contributed by atoms with van der Waals surface area (Å²) in [6.07, 6.45) is 3.74. The maximum absolute atomic E-state index is 13.2. The maximum Gasteiger partial charge on any atom is 0.270 e. The van der Waals surface area contributed by atoms with Gasteiger partial charge in [-0.05, 0) is 62.3 Å². The number of hydrogen-bond donors (Lipinski definition) is 1. The van der Waals surface area contributed by atoms with Crippen LogP contribution in [-0.2, 0) is 0 Å². The predicted octanol–water partition coefficient (Wildman–Crippen LogP) is 4.43. The minimum atomic E-state index is -0.182. The normalized spacial score (nSPS) is 14.2. The van der Waals surface area contributed by atoms with Gasteiger partial charge in [0, 0.05) is 29.7 Å². The van der Waals surface area contributed by atoms with Crippen molar-refractivity contribution in [2.75, 3.05) is 40.4 Å². The fourth-order valence-corrected chi connectivity index (χ4v) is 4.27. The molecule has 2 heterocycles. The van der Waals surface area contributed by atoms with E-state index in [9.17, 15) is 4.79 Å². The number of nitrogens with zero attached hydrogens (tertiary/aromatic N) is 3. The lowest BCUT2D eigenvalue weighted by molar-refractivity contribution is 0.0939. The van der Waals surface area contributed by atoms with Gasteiger partial charge < -0.3 is 19.7 Å². The Morgan fingerprint density at radius 1 is 1.06 bits per heavy atom. The first kappa shape index (κ1) is 23.1. The molecule has 4 rings (SSSR count). The number of carbonyl (C=O) groups excluding carboxylic acids is 1. The van der Waals surface area contributed by atoms with Crippen LogP contribution >= 0.6 is 11.6 Å². The monoisotopic (exact) mass is 468 g/mol. The van der Waals surface area contributed by atoms with Crippen molar-refractivity contribution >= 4 is 17.5 Å². The average Bonchev–Trinajstić information content (AvgIpc) is 3.29. The van der Waals surface area contributed by atoms with Crippen LogP contribution in [0.5, 0.6) is 11.5 Å². The van der Waals surface area contributed by atoms with Gasteiger partial charge in [0.05, 0.1) is 25.6 Å². The minimum absolute atomic E-state index is 0.182. The number of rotatable bonds is 8. The number of aromatic nitrogens is 2. The van der Waals surface area contributed by atoms with Gasteiger partial charge in [0.1, 0.15) is 17.2 Å². The van der Waals surface area contributed by atoms with E-state index in [0.717, 1.165) is 25.2 Å². The molecule has 0 saturated carbocycles. The molecule has 0 aliphatic carbocycles. The van der Waals surface area contributed by atoms with Gasteiger partial charge in [0.15, 0.2) is 0 Å². The van der Waals surface area contributed by atoms with Crippen molar-refractivity contribution in [1.82, 2.24) is 20.0 Å². The summed E-state index contributed by atoms with van der Waals surface area (Å²) in [6.45, 7) is 3.62. The van der Waals surface area contributed by atoms with Crippen LogP contribution in [0.1, 0.15) is 29.8 Å². The molecular weight excluding hydrogens is 440 g/mol. The van der Waals surface area contributed by atoms with Crippen molar-refractivity contribution in [1.29, 1.82) is 0 Å². The van der Waals surface area contributed by atoms with Crippen LogP contribution in [0.2, 0.25) is 5.02 Å². The third kappa shape index (κ3) is 5.49. The van der Waals surface area contributed by atoms with Crippen LogP contribution in [-0.4, -0.2) is 61.0 Å². The van der Waals surface area contributed by atoms with Crippen molar-refractivity contribution in [3.63, 3.8) is 0 Å². The lowest BCUT2D eigenvalue weighted by atomic mass is 10.1. The molecule has 2 aromatic carbocycles. The molecule has 3 aromatic rings. The second-order valence-corrected chi connectivity index (χ2v) is 8.47. The summed E-state index contributed by atoms with van der Waals surface area (Å²) >= 11 is 6.22. The first-order chi connectivity index (χ1) is 16.1. The lowest BCUT2D eigenvalue weighted by Crippen LogP contribution is -2.38. The van der Waals surface area contributed by atoms with Crippen LogP contribution in [0.15, 0.2) is 48.5 Å². The van der Waals surface area contributed by atoms with Crippen LogP contribution in [0.25, 0.3) is 16.9 Å². The van der Waals surface area contributed by atoms with E-state index in [2.05, 4.69) is 10.2 Å². The number of amides is 1. The molecule has 1 aliphatic heterocycles. The lowest BCUT2D eigenvalue weighted by Gasteiger charge is -2.26. The first-order valence-electron chi connectivity index (χ1n) is 11.2. The highest BCUT2D eigenvalue weighted by Gasteiger charge is 2.20. The summed E-state index contributed by atoms with van der Waals surface area (Å²) in [6, 6.07) is 14.6. The highest BCUT2D eigenvalue weighted by molar-refractivity contribution is 6.30. The van der Waals surface area contributed by atoms with E-state index in [0.29, 0.717) is 40.1 Å². The zero-order valence-electron chi connectivity index (χ0n) is 19.0. The highest BCUT2D eigenvalue weighted by Crippen LogP contribution is 2.33. The Morgan fingerprint density at radius 3 is 2.61 bits per heavy atom. The fraction of sp³-hybridized carbons (Fsp3) is 0.360. The molecule has 8 heteroatoms. The van der Waals surface area contributed by atoms with E-state index in [-0.39, 0.29) is 5.91 Å². The van der Waals surface area contributed by atoms with Gasteiger partial charge in [-0.1, -0.05) is 24.1 Å². The van der Waals surface area contributed by atoms with Gasteiger partial charge in [-0.3, -0.25) is 4.79 Å². The number of carbonyl (C=O) groups is 1. The third-order valence-electron chi connectivity index (χ3n) is 5.84. The molecular formula is C25H29ClN4O3. The Balaban J connectivity index is 1.63. The second kappa shape index (κ2) is 10.7. The van der Waals surface area contributed by atoms with Gasteiger partial charge >= 0.3 is 0 Å². The third-order valence-corrected chi connectivity index (χ3v) is 6.08. The molecule has 1 amide bonds. The van der Waals surface area contributed by atoms with Gasteiger partial charge in [-0.15, -0.1) is 0 Å². The van der Waals surface area contributed by atoms with Gasteiger partial charge in [0.2, 0.25) is 0 Å². The zero-order chi connectivity index (χ0) is 23.2. The Labute approximate surface area is 199 Å². The number of halogens is 1. The number of benzene rings is 2. The topological polar surface area (TPSA) is 68.6 Å². The van der Waals surface area contributed by atoms with Crippen LogP contribution < -0.4 is 14.8 Å². The number of piperidine rings is 1. The van der Waals surface area contributed by atoms with E-state index in [1.54, 1.807) is 43.2 Å². The highest BCUT2D eigenvalue weighted by atomic mass is 35.5. The second-order valence-electron chi connectivity index (χ2n) is 8.03. The number of hydrogen-bond acceptors (Lipinski definition) is 5. The Morgan fingerprint density at radius 2 is 1.88 bits per heavy atom. The molecule has 1 N–H and O–H groups in total. The quantitative estimate of drug-likeness (QED) is 0.529. The molecule has 1 aliphatic rings. The van der Waals surface area contributed by atoms with Gasteiger partial charge in [-0.2, -0.15) is 5.10 Å². The zero-order valence-corrected chi connectivity index (χ0v) is 19.8. The van der Waals surface area contributed by atoms with E-state index < -0.39 is 0 Å².